The van der Waals surface area contributed by atoms with Gasteiger partial charge in [-0.1, -0.05) is 67.4 Å². The summed E-state index contributed by atoms with van der Waals surface area (Å²) in [7, 11) is 0. The summed E-state index contributed by atoms with van der Waals surface area (Å²) in [4.78, 5) is 16.0. The number of allylic oxidation sites excluding steroid dienone is 1. The van der Waals surface area contributed by atoms with Crippen LogP contribution in [-0.4, -0.2) is 27.6 Å². The van der Waals surface area contributed by atoms with E-state index in [2.05, 4.69) is 12.6 Å². The second-order valence-corrected chi connectivity index (χ2v) is 10.6. The Kier molecular flexibility index (Phi) is 7.44. The fraction of sp³-hybridized carbons (Fsp3) is 0.444. The molecular weight excluding hydrogens is 441 g/mol. The van der Waals surface area contributed by atoms with Crippen molar-refractivity contribution in [3.63, 3.8) is 0 Å². The molecule has 172 valence electrons. The Bertz CT molecular complexity index is 966. The van der Waals surface area contributed by atoms with Gasteiger partial charge in [0.1, 0.15) is 0 Å². The molecule has 0 aromatic heterocycles. The van der Waals surface area contributed by atoms with Crippen LogP contribution in [0.2, 0.25) is 10.0 Å². The van der Waals surface area contributed by atoms with Crippen LogP contribution in [0.3, 0.4) is 0 Å². The second-order valence-electron chi connectivity index (χ2n) is 9.71. The smallest absolute Gasteiger partial charge is 0.229 e. The van der Waals surface area contributed by atoms with Crippen molar-refractivity contribution in [1.82, 2.24) is 4.90 Å². The van der Waals surface area contributed by atoms with Gasteiger partial charge in [0.2, 0.25) is 5.91 Å². The first kappa shape index (κ1) is 24.8. The van der Waals surface area contributed by atoms with Gasteiger partial charge >= 0.3 is 0 Å². The molecule has 0 radical (unpaired) electrons. The monoisotopic (exact) mass is 473 g/mol. The number of benzene rings is 2. The molecule has 3 nitrogen and oxygen atoms in total. The zero-order valence-corrected chi connectivity index (χ0v) is 20.8. The molecule has 32 heavy (non-hydrogen) atoms. The molecule has 1 saturated heterocycles. The van der Waals surface area contributed by atoms with Crippen LogP contribution in [0.5, 0.6) is 0 Å². The third-order valence-corrected chi connectivity index (χ3v) is 7.21. The number of aliphatic hydroxyl groups is 1. The van der Waals surface area contributed by atoms with Crippen molar-refractivity contribution in [2.75, 3.05) is 0 Å². The number of amides is 1. The Morgan fingerprint density at radius 2 is 1.84 bits per heavy atom. The van der Waals surface area contributed by atoms with Crippen LogP contribution in [0.25, 0.3) is 0 Å². The SMILES string of the molecule is C=CCC1(C)CC(c2cccc(Cl)c2)C(c2ccc(Cl)cc2)N([C@@H](CC)C(C)(C)O)C1=O. The van der Waals surface area contributed by atoms with E-state index in [1.165, 1.54) is 0 Å². The first-order chi connectivity index (χ1) is 15.0. The summed E-state index contributed by atoms with van der Waals surface area (Å²) < 4.78 is 0. The predicted molar refractivity (Wildman–Crippen MR) is 133 cm³/mol. The Balaban J connectivity index is 2.27. The van der Waals surface area contributed by atoms with Crippen LogP contribution in [0.4, 0.5) is 0 Å². The molecule has 2 aromatic carbocycles. The van der Waals surface area contributed by atoms with E-state index < -0.39 is 11.0 Å². The fourth-order valence-corrected chi connectivity index (χ4v) is 5.59. The van der Waals surface area contributed by atoms with Gasteiger partial charge in [-0.15, -0.1) is 6.58 Å². The molecule has 1 fully saturated rings. The molecule has 4 atom stereocenters. The highest BCUT2D eigenvalue weighted by atomic mass is 35.5. The van der Waals surface area contributed by atoms with Gasteiger partial charge in [-0.3, -0.25) is 4.79 Å². The summed E-state index contributed by atoms with van der Waals surface area (Å²) in [5.74, 6) is 0.0403. The fourth-order valence-electron chi connectivity index (χ4n) is 5.27. The molecule has 1 amide bonds. The quantitative estimate of drug-likeness (QED) is 0.432. The lowest BCUT2D eigenvalue weighted by molar-refractivity contribution is -0.162. The van der Waals surface area contributed by atoms with Gasteiger partial charge in [0.25, 0.3) is 0 Å². The van der Waals surface area contributed by atoms with Gasteiger partial charge in [0.05, 0.1) is 23.1 Å². The molecule has 3 unspecified atom stereocenters. The molecule has 1 N–H and O–H groups in total. The first-order valence-corrected chi connectivity index (χ1v) is 11.9. The molecule has 0 saturated carbocycles. The van der Waals surface area contributed by atoms with Crippen molar-refractivity contribution < 1.29 is 9.90 Å². The largest absolute Gasteiger partial charge is 0.388 e. The minimum atomic E-state index is -1.07. The van der Waals surface area contributed by atoms with E-state index in [1.807, 2.05) is 67.3 Å². The standard InChI is InChI=1S/C27H33Cl2NO2/c1-6-15-27(5)17-22(19-9-8-10-21(29)16-19)24(18-11-13-20(28)14-12-18)30(25(27)31)23(7-2)26(3,4)32/h6,8-14,16,22-24,32H,1,7,15,17H2,2-5H3/t22?,23-,24?,27?/m0/s1. The van der Waals surface area contributed by atoms with E-state index in [4.69, 9.17) is 23.2 Å². The first-order valence-electron chi connectivity index (χ1n) is 11.2. The van der Waals surface area contributed by atoms with Crippen molar-refractivity contribution in [3.8, 4) is 0 Å². The average molecular weight is 474 g/mol. The molecule has 0 aliphatic carbocycles. The van der Waals surface area contributed by atoms with E-state index in [0.29, 0.717) is 29.3 Å². The molecule has 1 heterocycles. The highest BCUT2D eigenvalue weighted by Gasteiger charge is 2.52. The number of halogens is 2. The molecule has 1 aliphatic rings. The van der Waals surface area contributed by atoms with Gasteiger partial charge in [-0.25, -0.2) is 0 Å². The van der Waals surface area contributed by atoms with Gasteiger partial charge in [-0.2, -0.15) is 0 Å². The Morgan fingerprint density at radius 1 is 1.19 bits per heavy atom. The van der Waals surface area contributed by atoms with E-state index in [0.717, 1.165) is 11.1 Å². The highest BCUT2D eigenvalue weighted by molar-refractivity contribution is 6.30. The van der Waals surface area contributed by atoms with Crippen LogP contribution in [0, 0.1) is 5.41 Å². The zero-order chi connectivity index (χ0) is 23.7. The summed E-state index contributed by atoms with van der Waals surface area (Å²) in [6.07, 6.45) is 3.67. The molecule has 3 rings (SSSR count). The Labute approximate surface area is 202 Å². The zero-order valence-electron chi connectivity index (χ0n) is 19.3. The Morgan fingerprint density at radius 3 is 2.38 bits per heavy atom. The minimum absolute atomic E-state index is 0.00562. The van der Waals surface area contributed by atoms with E-state index in [1.54, 1.807) is 13.8 Å². The van der Waals surface area contributed by atoms with Crippen molar-refractivity contribution in [2.24, 2.45) is 5.41 Å². The number of rotatable bonds is 7. The highest BCUT2D eigenvalue weighted by Crippen LogP contribution is 2.53. The lowest BCUT2D eigenvalue weighted by Crippen LogP contribution is -2.60. The van der Waals surface area contributed by atoms with Gasteiger partial charge in [0.15, 0.2) is 0 Å². The molecule has 1 aliphatic heterocycles. The number of piperidine rings is 1. The Hall–Kier alpha value is -1.81. The number of nitrogens with zero attached hydrogens (tertiary/aromatic N) is 1. The lowest BCUT2D eigenvalue weighted by atomic mass is 9.66. The lowest BCUT2D eigenvalue weighted by Gasteiger charge is -2.54. The summed E-state index contributed by atoms with van der Waals surface area (Å²) in [5, 5.41) is 12.4. The molecule has 5 heteroatoms. The predicted octanol–water partition coefficient (Wildman–Crippen LogP) is 7.18. The average Bonchev–Trinajstić information content (AvgIpc) is 2.71. The number of hydrogen-bond acceptors (Lipinski definition) is 2. The third kappa shape index (κ3) is 4.90. The van der Waals surface area contributed by atoms with Crippen LogP contribution in [0.15, 0.2) is 61.2 Å². The van der Waals surface area contributed by atoms with E-state index in [9.17, 15) is 9.90 Å². The number of carbonyl (C=O) groups is 1. The summed E-state index contributed by atoms with van der Waals surface area (Å²) in [6, 6.07) is 15.0. The number of likely N-dealkylation sites (tertiary alicyclic amines) is 1. The molecular formula is C27H33Cl2NO2. The van der Waals surface area contributed by atoms with Crippen molar-refractivity contribution in [1.29, 1.82) is 0 Å². The molecule has 0 spiro atoms. The molecule has 0 bridgehead atoms. The third-order valence-electron chi connectivity index (χ3n) is 6.72. The van der Waals surface area contributed by atoms with Crippen LogP contribution < -0.4 is 0 Å². The summed E-state index contributed by atoms with van der Waals surface area (Å²) in [6.45, 7) is 11.5. The van der Waals surface area contributed by atoms with E-state index >= 15 is 0 Å². The van der Waals surface area contributed by atoms with Crippen molar-refractivity contribution in [3.05, 3.63) is 82.4 Å². The summed E-state index contributed by atoms with van der Waals surface area (Å²) in [5.41, 5.74) is 0.378. The van der Waals surface area contributed by atoms with Gasteiger partial charge in [0, 0.05) is 16.0 Å². The maximum Gasteiger partial charge on any atom is 0.229 e. The van der Waals surface area contributed by atoms with Gasteiger partial charge < -0.3 is 10.0 Å². The topological polar surface area (TPSA) is 40.5 Å². The number of carbonyl (C=O) groups excluding carboxylic acids is 1. The normalized spacial score (nSPS) is 25.0. The van der Waals surface area contributed by atoms with E-state index in [-0.39, 0.29) is 23.9 Å². The second kappa shape index (κ2) is 9.59. The summed E-state index contributed by atoms with van der Waals surface area (Å²) >= 11 is 12.6. The van der Waals surface area contributed by atoms with Crippen LogP contribution in [-0.2, 0) is 4.79 Å². The van der Waals surface area contributed by atoms with Crippen LogP contribution >= 0.6 is 23.2 Å². The molecule has 2 aromatic rings. The number of hydrogen-bond donors (Lipinski definition) is 1. The van der Waals surface area contributed by atoms with Crippen LogP contribution in [0.1, 0.15) is 70.0 Å². The van der Waals surface area contributed by atoms with Crippen molar-refractivity contribution >= 4 is 29.1 Å². The maximum atomic E-state index is 14.1. The minimum Gasteiger partial charge on any atom is -0.388 e. The maximum absolute atomic E-state index is 14.1. The van der Waals surface area contributed by atoms with Gasteiger partial charge in [-0.05, 0) is 68.5 Å². The van der Waals surface area contributed by atoms with Crippen molar-refractivity contribution in [2.45, 2.75) is 70.6 Å².